The third-order valence-electron chi connectivity index (χ3n) is 3.03. The molecular weight excluding hydrogens is 250 g/mol. The van der Waals surface area contributed by atoms with E-state index in [1.165, 1.54) is 0 Å². The molecule has 0 saturated carbocycles. The molecule has 0 aliphatic carbocycles. The number of rotatable bonds is 4. The molecule has 0 unspecified atom stereocenters. The molecule has 3 aromatic rings. The van der Waals surface area contributed by atoms with Crippen LogP contribution < -0.4 is 11.1 Å². The van der Waals surface area contributed by atoms with Gasteiger partial charge in [0.25, 0.3) is 0 Å². The monoisotopic (exact) mass is 265 g/mol. The van der Waals surface area contributed by atoms with Crippen LogP contribution in [0.1, 0.15) is 5.56 Å². The highest BCUT2D eigenvalue weighted by molar-refractivity contribution is 5.62. The van der Waals surface area contributed by atoms with Crippen LogP contribution in [0.25, 0.3) is 11.1 Å². The predicted molar refractivity (Wildman–Crippen MR) is 79.4 cm³/mol. The summed E-state index contributed by atoms with van der Waals surface area (Å²) in [4.78, 5) is 11.6. The molecule has 0 fully saturated rings. The maximum atomic E-state index is 5.57. The molecule has 2 aromatic heterocycles. The molecule has 2 heterocycles. The van der Waals surface area contributed by atoms with Crippen molar-refractivity contribution >= 4 is 11.6 Å². The van der Waals surface area contributed by atoms with Gasteiger partial charge in [-0.05, 0) is 23.8 Å². The van der Waals surface area contributed by atoms with Crippen LogP contribution in [0.3, 0.4) is 0 Å². The van der Waals surface area contributed by atoms with Crippen LogP contribution in [0.2, 0.25) is 0 Å². The molecule has 3 rings (SSSR count). The number of nitrogens with two attached hydrogens (primary N) is 1. The average Bonchev–Trinajstić information content (AvgIpc) is 3.03. The van der Waals surface area contributed by atoms with E-state index in [-0.39, 0.29) is 0 Å². The minimum absolute atomic E-state index is 0.544. The van der Waals surface area contributed by atoms with E-state index in [2.05, 4.69) is 20.3 Å². The Bertz CT molecular complexity index is 656. The van der Waals surface area contributed by atoms with E-state index in [0.29, 0.717) is 12.5 Å². The number of hydrogen-bond donors (Lipinski definition) is 3. The topological polar surface area (TPSA) is 79.6 Å². The average molecular weight is 265 g/mol. The normalized spacial score (nSPS) is 10.4. The predicted octanol–water partition coefficient (Wildman–Crippen LogP) is 2.67. The summed E-state index contributed by atoms with van der Waals surface area (Å²) in [5, 5.41) is 3.16. The quantitative estimate of drug-likeness (QED) is 0.677. The number of aromatic nitrogens is 3. The minimum atomic E-state index is 0.544. The fourth-order valence-corrected chi connectivity index (χ4v) is 1.90. The van der Waals surface area contributed by atoms with Gasteiger partial charge in [0.1, 0.15) is 0 Å². The van der Waals surface area contributed by atoms with Gasteiger partial charge in [-0.2, -0.15) is 0 Å². The van der Waals surface area contributed by atoms with E-state index in [1.807, 2.05) is 42.7 Å². The van der Waals surface area contributed by atoms with E-state index >= 15 is 0 Å². The summed E-state index contributed by atoms with van der Waals surface area (Å²) >= 11 is 0. The molecule has 0 atom stereocenters. The van der Waals surface area contributed by atoms with Crippen molar-refractivity contribution in [2.24, 2.45) is 5.73 Å². The highest BCUT2D eigenvalue weighted by Crippen LogP contribution is 2.18. The molecule has 0 spiro atoms. The molecule has 0 bridgehead atoms. The molecule has 5 nitrogen and oxygen atoms in total. The molecule has 0 aliphatic rings. The van der Waals surface area contributed by atoms with Gasteiger partial charge < -0.3 is 16.0 Å². The lowest BCUT2D eigenvalue weighted by Gasteiger charge is -2.06. The summed E-state index contributed by atoms with van der Waals surface area (Å²) in [5.74, 6) is 0.574. The van der Waals surface area contributed by atoms with Gasteiger partial charge in [0.05, 0.1) is 0 Å². The van der Waals surface area contributed by atoms with Gasteiger partial charge in [0.15, 0.2) is 0 Å². The lowest BCUT2D eigenvalue weighted by atomic mass is 10.2. The summed E-state index contributed by atoms with van der Waals surface area (Å²) in [5.41, 5.74) is 9.66. The molecule has 1 aromatic carbocycles. The standard InChI is InChI=1S/C15H15N5/c16-7-11-1-3-14(4-2-11)20-15-18-9-13(10-19-15)12-5-6-17-8-12/h1-6,8-10,17H,7,16H2,(H,18,19,20). The van der Waals surface area contributed by atoms with Crippen LogP contribution in [-0.4, -0.2) is 15.0 Å². The van der Waals surface area contributed by atoms with Crippen LogP contribution in [0.4, 0.5) is 11.6 Å². The Balaban J connectivity index is 1.74. The summed E-state index contributed by atoms with van der Waals surface area (Å²) in [6, 6.07) is 9.88. The van der Waals surface area contributed by atoms with E-state index in [9.17, 15) is 0 Å². The van der Waals surface area contributed by atoms with E-state index < -0.39 is 0 Å². The van der Waals surface area contributed by atoms with Crippen LogP contribution in [0.15, 0.2) is 55.1 Å². The highest BCUT2D eigenvalue weighted by atomic mass is 15.1. The van der Waals surface area contributed by atoms with Crippen LogP contribution in [0, 0.1) is 0 Å². The first-order valence-corrected chi connectivity index (χ1v) is 6.36. The molecule has 0 aliphatic heterocycles. The number of nitrogens with one attached hydrogen (secondary N) is 2. The first kappa shape index (κ1) is 12.4. The van der Waals surface area contributed by atoms with Crippen LogP contribution in [-0.2, 0) is 6.54 Å². The van der Waals surface area contributed by atoms with Gasteiger partial charge in [-0.3, -0.25) is 0 Å². The fourth-order valence-electron chi connectivity index (χ4n) is 1.90. The lowest BCUT2D eigenvalue weighted by Crippen LogP contribution is -1.98. The molecular formula is C15H15N5. The Labute approximate surface area is 116 Å². The molecule has 20 heavy (non-hydrogen) atoms. The van der Waals surface area contributed by atoms with Crippen molar-refractivity contribution in [3.8, 4) is 11.1 Å². The maximum Gasteiger partial charge on any atom is 0.227 e. The summed E-state index contributed by atoms with van der Waals surface area (Å²) < 4.78 is 0. The molecule has 0 radical (unpaired) electrons. The van der Waals surface area contributed by atoms with Crippen LogP contribution >= 0.6 is 0 Å². The molecule has 0 amide bonds. The zero-order valence-corrected chi connectivity index (χ0v) is 10.9. The number of anilines is 2. The second-order valence-electron chi connectivity index (χ2n) is 4.42. The Kier molecular flexibility index (Phi) is 3.43. The first-order valence-electron chi connectivity index (χ1n) is 6.36. The Morgan fingerprint density at radius 1 is 1.00 bits per heavy atom. The molecule has 4 N–H and O–H groups in total. The van der Waals surface area contributed by atoms with Crippen molar-refractivity contribution in [2.45, 2.75) is 6.54 Å². The smallest absolute Gasteiger partial charge is 0.227 e. The number of nitrogens with zero attached hydrogens (tertiary/aromatic N) is 2. The SMILES string of the molecule is NCc1ccc(Nc2ncc(-c3cc[nH]c3)cn2)cc1. The van der Waals surface area contributed by atoms with Crippen molar-refractivity contribution in [1.29, 1.82) is 0 Å². The Morgan fingerprint density at radius 2 is 1.75 bits per heavy atom. The number of aromatic amines is 1. The molecule has 0 saturated heterocycles. The van der Waals surface area contributed by atoms with Crippen molar-refractivity contribution in [2.75, 3.05) is 5.32 Å². The van der Waals surface area contributed by atoms with Crippen molar-refractivity contribution in [3.63, 3.8) is 0 Å². The van der Waals surface area contributed by atoms with E-state index in [4.69, 9.17) is 5.73 Å². The minimum Gasteiger partial charge on any atom is -0.367 e. The Morgan fingerprint density at radius 3 is 2.35 bits per heavy atom. The zero-order chi connectivity index (χ0) is 13.8. The zero-order valence-electron chi connectivity index (χ0n) is 10.9. The first-order chi connectivity index (χ1) is 9.85. The van der Waals surface area contributed by atoms with Gasteiger partial charge in [-0.25, -0.2) is 9.97 Å². The van der Waals surface area contributed by atoms with Crippen LogP contribution in [0.5, 0.6) is 0 Å². The summed E-state index contributed by atoms with van der Waals surface area (Å²) in [7, 11) is 0. The van der Waals surface area contributed by atoms with E-state index in [1.54, 1.807) is 12.4 Å². The maximum absolute atomic E-state index is 5.57. The van der Waals surface area contributed by atoms with Gasteiger partial charge in [-0.1, -0.05) is 12.1 Å². The fraction of sp³-hybridized carbons (Fsp3) is 0.0667. The number of H-pyrrole nitrogens is 1. The number of hydrogen-bond acceptors (Lipinski definition) is 4. The third-order valence-corrected chi connectivity index (χ3v) is 3.03. The van der Waals surface area contributed by atoms with Crippen molar-refractivity contribution in [3.05, 3.63) is 60.7 Å². The van der Waals surface area contributed by atoms with Gasteiger partial charge in [-0.15, -0.1) is 0 Å². The van der Waals surface area contributed by atoms with Gasteiger partial charge in [0.2, 0.25) is 5.95 Å². The third kappa shape index (κ3) is 2.67. The summed E-state index contributed by atoms with van der Waals surface area (Å²) in [6.07, 6.45) is 7.39. The Hall–Kier alpha value is -2.66. The largest absolute Gasteiger partial charge is 0.367 e. The molecule has 100 valence electrons. The van der Waals surface area contributed by atoms with Crippen molar-refractivity contribution in [1.82, 2.24) is 15.0 Å². The van der Waals surface area contributed by atoms with Gasteiger partial charge >= 0.3 is 0 Å². The summed E-state index contributed by atoms with van der Waals surface area (Å²) in [6.45, 7) is 0.544. The lowest BCUT2D eigenvalue weighted by molar-refractivity contribution is 1.07. The molecule has 5 heteroatoms. The number of benzene rings is 1. The van der Waals surface area contributed by atoms with Crippen molar-refractivity contribution < 1.29 is 0 Å². The highest BCUT2D eigenvalue weighted by Gasteiger charge is 2.01. The second-order valence-corrected chi connectivity index (χ2v) is 4.42. The van der Waals surface area contributed by atoms with Gasteiger partial charge in [0, 0.05) is 48.1 Å². The second kappa shape index (κ2) is 5.54. The van der Waals surface area contributed by atoms with E-state index in [0.717, 1.165) is 22.4 Å².